The zero-order valence-electron chi connectivity index (χ0n) is 26.0. The second kappa shape index (κ2) is 26.0. The Labute approximate surface area is 236 Å². The molecule has 0 amide bonds. The summed E-state index contributed by atoms with van der Waals surface area (Å²) in [6, 6.07) is 0. The molecule has 0 bridgehead atoms. The van der Waals surface area contributed by atoms with Gasteiger partial charge in [0.25, 0.3) is 0 Å². The van der Waals surface area contributed by atoms with Crippen LogP contribution in [0.1, 0.15) is 195 Å². The van der Waals surface area contributed by atoms with Gasteiger partial charge in [-0.3, -0.25) is 0 Å². The molecule has 0 aliphatic heterocycles. The molecular formula is C34H72ClP. The molecule has 0 N–H and O–H groups in total. The minimum atomic E-state index is -2.11. The van der Waals surface area contributed by atoms with E-state index in [1.165, 1.54) is 192 Å². The van der Waals surface area contributed by atoms with Crippen LogP contribution < -0.4 is 0 Å². The Hall–Kier alpha value is 0.720. The van der Waals surface area contributed by atoms with Crippen molar-refractivity contribution in [2.24, 2.45) is 0 Å². The summed E-state index contributed by atoms with van der Waals surface area (Å²) in [5, 5.41) is 0. The van der Waals surface area contributed by atoms with E-state index in [-0.39, 0.29) is 0 Å². The first-order chi connectivity index (χ1) is 17.5. The van der Waals surface area contributed by atoms with E-state index in [1.54, 1.807) is 0 Å². The molecule has 0 unspecified atom stereocenters. The zero-order valence-corrected chi connectivity index (χ0v) is 27.7. The van der Waals surface area contributed by atoms with Crippen LogP contribution in [0.15, 0.2) is 0 Å². The van der Waals surface area contributed by atoms with Crippen LogP contribution in [0.5, 0.6) is 0 Å². The van der Waals surface area contributed by atoms with E-state index in [9.17, 15) is 0 Å². The fourth-order valence-corrected chi connectivity index (χ4v) is 13.0. The van der Waals surface area contributed by atoms with Crippen molar-refractivity contribution in [2.75, 3.05) is 24.6 Å². The maximum atomic E-state index is 8.13. The van der Waals surface area contributed by atoms with Gasteiger partial charge in [-0.05, 0) is 0 Å². The quantitative estimate of drug-likeness (QED) is 0.0620. The third kappa shape index (κ3) is 21.6. The summed E-state index contributed by atoms with van der Waals surface area (Å²) in [5.41, 5.74) is 0. The molecule has 0 aromatic carbocycles. The first-order valence-corrected chi connectivity index (χ1v) is 21.1. The van der Waals surface area contributed by atoms with E-state index in [0.29, 0.717) is 0 Å². The molecule has 0 saturated carbocycles. The average Bonchev–Trinajstić information content (AvgIpc) is 2.88. The average molecular weight is 547 g/mol. The van der Waals surface area contributed by atoms with Crippen LogP contribution in [0.2, 0.25) is 0 Å². The minimum absolute atomic E-state index is 1.35. The van der Waals surface area contributed by atoms with E-state index in [1.807, 2.05) is 0 Å². The van der Waals surface area contributed by atoms with Crippen molar-refractivity contribution >= 4 is 17.2 Å². The summed E-state index contributed by atoms with van der Waals surface area (Å²) in [5.74, 6) is -2.11. The Morgan fingerprint density at radius 2 is 0.444 bits per heavy atom. The van der Waals surface area contributed by atoms with E-state index in [0.717, 1.165) is 0 Å². The zero-order chi connectivity index (χ0) is 26.7. The van der Waals surface area contributed by atoms with Gasteiger partial charge in [0.2, 0.25) is 0 Å². The van der Waals surface area contributed by atoms with Crippen LogP contribution in [0.3, 0.4) is 0 Å². The van der Waals surface area contributed by atoms with Gasteiger partial charge < -0.3 is 0 Å². The molecule has 0 spiro atoms. The summed E-state index contributed by atoms with van der Waals surface area (Å²) in [7, 11) is 0. The summed E-state index contributed by atoms with van der Waals surface area (Å²) in [6.45, 7) is 9.31. The Morgan fingerprint density at radius 3 is 0.639 bits per heavy atom. The SMILES string of the molecule is CCCCCCCCCCP(Cl)(CCCCCCCC)(CCCCCCCC)CCCCCCCC. The van der Waals surface area contributed by atoms with E-state index < -0.39 is 5.96 Å². The summed E-state index contributed by atoms with van der Waals surface area (Å²) in [6.07, 6.45) is 42.4. The van der Waals surface area contributed by atoms with Crippen molar-refractivity contribution in [3.05, 3.63) is 0 Å². The molecule has 2 heteroatoms. The maximum absolute atomic E-state index is 8.13. The van der Waals surface area contributed by atoms with Crippen LogP contribution in [-0.4, -0.2) is 24.6 Å². The summed E-state index contributed by atoms with van der Waals surface area (Å²) < 4.78 is 0. The van der Waals surface area contributed by atoms with Crippen molar-refractivity contribution < 1.29 is 0 Å². The van der Waals surface area contributed by atoms with Gasteiger partial charge in [-0.25, -0.2) is 0 Å². The molecule has 0 aromatic rings. The Bertz CT molecular complexity index is 391. The third-order valence-electron chi connectivity index (χ3n) is 8.78. The molecule has 0 aliphatic carbocycles. The van der Waals surface area contributed by atoms with E-state index in [4.69, 9.17) is 11.2 Å². The van der Waals surface area contributed by atoms with Gasteiger partial charge >= 0.3 is 236 Å². The van der Waals surface area contributed by atoms with Gasteiger partial charge in [0.15, 0.2) is 0 Å². The van der Waals surface area contributed by atoms with E-state index in [2.05, 4.69) is 27.7 Å². The number of unbranched alkanes of at least 4 members (excludes halogenated alkanes) is 22. The molecule has 0 heterocycles. The second-order valence-corrected chi connectivity index (χ2v) is 20.8. The molecule has 0 rings (SSSR count). The van der Waals surface area contributed by atoms with Crippen LogP contribution in [0, 0.1) is 0 Å². The second-order valence-electron chi connectivity index (χ2n) is 12.5. The number of rotatable bonds is 30. The molecule has 36 heavy (non-hydrogen) atoms. The normalized spacial score (nSPS) is 13.2. The first kappa shape index (κ1) is 36.7. The summed E-state index contributed by atoms with van der Waals surface area (Å²) in [4.78, 5) is 0. The van der Waals surface area contributed by atoms with Crippen molar-refractivity contribution in [1.82, 2.24) is 0 Å². The fraction of sp³-hybridized carbons (Fsp3) is 1.00. The molecular weight excluding hydrogens is 475 g/mol. The fourth-order valence-electron chi connectivity index (χ4n) is 6.17. The standard InChI is InChI=1S/C34H72ClP/c1-5-9-13-17-21-22-26-30-34-36(35,31-27-23-18-14-10-6-2,32-28-24-19-15-11-7-3)33-29-25-20-16-12-8-4/h5-34H2,1-4H3. The van der Waals surface area contributed by atoms with Gasteiger partial charge in [-0.1, -0.05) is 0 Å². The van der Waals surface area contributed by atoms with Gasteiger partial charge in [0.1, 0.15) is 0 Å². The molecule has 0 aliphatic rings. The van der Waals surface area contributed by atoms with Crippen LogP contribution >= 0.6 is 17.2 Å². The van der Waals surface area contributed by atoms with Crippen LogP contribution in [0.25, 0.3) is 0 Å². The molecule has 0 aromatic heterocycles. The van der Waals surface area contributed by atoms with Crippen LogP contribution in [-0.2, 0) is 0 Å². The van der Waals surface area contributed by atoms with Crippen molar-refractivity contribution in [3.63, 3.8) is 0 Å². The molecule has 0 radical (unpaired) electrons. The van der Waals surface area contributed by atoms with Gasteiger partial charge in [0, 0.05) is 0 Å². The Balaban J connectivity index is 4.98. The molecule has 220 valence electrons. The van der Waals surface area contributed by atoms with Crippen molar-refractivity contribution in [3.8, 4) is 0 Å². The Morgan fingerprint density at radius 1 is 0.278 bits per heavy atom. The van der Waals surface area contributed by atoms with Crippen molar-refractivity contribution in [1.29, 1.82) is 0 Å². The third-order valence-corrected chi connectivity index (χ3v) is 16.5. The predicted octanol–water partition coefficient (Wildman–Crippen LogP) is 13.9. The molecule has 0 atom stereocenters. The predicted molar refractivity (Wildman–Crippen MR) is 175 cm³/mol. The number of hydrogen-bond acceptors (Lipinski definition) is 0. The van der Waals surface area contributed by atoms with Gasteiger partial charge in [-0.2, -0.15) is 0 Å². The number of hydrogen-bond donors (Lipinski definition) is 0. The molecule has 0 nitrogen and oxygen atoms in total. The van der Waals surface area contributed by atoms with Crippen LogP contribution in [0.4, 0.5) is 0 Å². The molecule has 0 saturated heterocycles. The van der Waals surface area contributed by atoms with Crippen molar-refractivity contribution in [2.45, 2.75) is 195 Å². The number of halogens is 1. The molecule has 0 fully saturated rings. The summed E-state index contributed by atoms with van der Waals surface area (Å²) >= 11 is 8.13. The Kier molecular flexibility index (Phi) is 26.5. The first-order valence-electron chi connectivity index (χ1n) is 17.3. The van der Waals surface area contributed by atoms with E-state index >= 15 is 0 Å². The topological polar surface area (TPSA) is 0 Å². The van der Waals surface area contributed by atoms with Gasteiger partial charge in [-0.15, -0.1) is 0 Å². The monoisotopic (exact) mass is 547 g/mol. The van der Waals surface area contributed by atoms with Gasteiger partial charge in [0.05, 0.1) is 0 Å².